The van der Waals surface area contributed by atoms with Crippen LogP contribution in [0.25, 0.3) is 15.9 Å². The van der Waals surface area contributed by atoms with E-state index in [9.17, 15) is 9.59 Å². The van der Waals surface area contributed by atoms with Crippen LogP contribution < -0.4 is 10.9 Å². The highest BCUT2D eigenvalue weighted by Crippen LogP contribution is 2.37. The lowest BCUT2D eigenvalue weighted by Crippen LogP contribution is -2.29. The molecule has 2 aromatic carbocycles. The molecule has 1 N–H and O–H groups in total. The first-order chi connectivity index (χ1) is 17.0. The van der Waals surface area contributed by atoms with E-state index >= 15 is 0 Å². The van der Waals surface area contributed by atoms with Crippen LogP contribution in [0.5, 0.6) is 0 Å². The van der Waals surface area contributed by atoms with Crippen LogP contribution in [0.2, 0.25) is 0 Å². The molecular formula is C28H29N3O2S2. The molecule has 7 heteroatoms. The van der Waals surface area contributed by atoms with Crippen molar-refractivity contribution in [1.29, 1.82) is 0 Å². The summed E-state index contributed by atoms with van der Waals surface area (Å²) in [6.07, 6.45) is 4.25. The maximum absolute atomic E-state index is 13.9. The number of hydrogen-bond acceptors (Lipinski definition) is 5. The second-order valence-corrected chi connectivity index (χ2v) is 11.1. The Morgan fingerprint density at radius 2 is 1.89 bits per heavy atom. The first-order valence-corrected chi connectivity index (χ1v) is 13.9. The average molecular weight is 504 g/mol. The Labute approximate surface area is 213 Å². The van der Waals surface area contributed by atoms with E-state index in [4.69, 9.17) is 4.98 Å². The number of nitrogens with one attached hydrogen (secondary N) is 1. The van der Waals surface area contributed by atoms with E-state index in [1.165, 1.54) is 22.2 Å². The van der Waals surface area contributed by atoms with Gasteiger partial charge in [-0.1, -0.05) is 73.6 Å². The molecule has 0 bridgehead atoms. The Morgan fingerprint density at radius 1 is 1.17 bits per heavy atom. The summed E-state index contributed by atoms with van der Waals surface area (Å²) in [6.45, 7) is 4.21. The Hall–Kier alpha value is -2.90. The fraction of sp³-hybridized carbons (Fsp3) is 0.321. The number of amides is 1. The zero-order chi connectivity index (χ0) is 24.4. The Kier molecular flexibility index (Phi) is 7.07. The van der Waals surface area contributed by atoms with Gasteiger partial charge in [0.25, 0.3) is 5.56 Å². The van der Waals surface area contributed by atoms with Gasteiger partial charge < -0.3 is 5.32 Å². The smallest absolute Gasteiger partial charge is 0.267 e. The molecule has 2 atom stereocenters. The van der Waals surface area contributed by atoms with E-state index in [0.29, 0.717) is 11.1 Å². The number of carbonyl (C=O) groups excluding carboxylic acids is 1. The van der Waals surface area contributed by atoms with Gasteiger partial charge in [0.1, 0.15) is 4.83 Å². The van der Waals surface area contributed by atoms with Crippen LogP contribution in [0.4, 0.5) is 0 Å². The minimum Gasteiger partial charge on any atom is -0.349 e. The summed E-state index contributed by atoms with van der Waals surface area (Å²) in [5, 5.41) is 4.37. The van der Waals surface area contributed by atoms with Crippen LogP contribution in [0.15, 0.2) is 70.6 Å². The van der Waals surface area contributed by atoms with Gasteiger partial charge in [0, 0.05) is 4.88 Å². The Bertz CT molecular complexity index is 1400. The van der Waals surface area contributed by atoms with Crippen LogP contribution >= 0.6 is 23.1 Å². The predicted molar refractivity (Wildman–Crippen MR) is 145 cm³/mol. The minimum atomic E-state index is -0.0911. The molecule has 2 aromatic heterocycles. The number of fused-ring (bicyclic) bond motifs is 3. The third kappa shape index (κ3) is 4.93. The SMILES string of the molecule is CCC1CCc2c(sc3nc(SCC(=O)NC(C)c4ccccc4)n(-c4ccccc4)c(=O)c23)C1. The van der Waals surface area contributed by atoms with Gasteiger partial charge in [-0.05, 0) is 55.4 Å². The van der Waals surface area contributed by atoms with Gasteiger partial charge in [0.15, 0.2) is 5.16 Å². The van der Waals surface area contributed by atoms with E-state index < -0.39 is 0 Å². The van der Waals surface area contributed by atoms with Crippen molar-refractivity contribution in [2.75, 3.05) is 5.75 Å². The number of aryl methyl sites for hydroxylation is 1. The third-order valence-corrected chi connectivity index (χ3v) is 8.84. The molecule has 0 radical (unpaired) electrons. The molecule has 1 amide bonds. The summed E-state index contributed by atoms with van der Waals surface area (Å²) in [5.74, 6) is 0.776. The average Bonchev–Trinajstić information content (AvgIpc) is 3.26. The van der Waals surface area contributed by atoms with Gasteiger partial charge in [-0.3, -0.25) is 14.2 Å². The lowest BCUT2D eigenvalue weighted by atomic mass is 9.86. The van der Waals surface area contributed by atoms with Gasteiger partial charge in [-0.2, -0.15) is 0 Å². The van der Waals surface area contributed by atoms with E-state index in [0.717, 1.165) is 47.2 Å². The molecule has 5 rings (SSSR count). The number of hydrogen-bond donors (Lipinski definition) is 1. The Morgan fingerprint density at radius 3 is 2.60 bits per heavy atom. The monoisotopic (exact) mass is 503 g/mol. The third-order valence-electron chi connectivity index (χ3n) is 6.76. The first kappa shape index (κ1) is 23.8. The van der Waals surface area contributed by atoms with E-state index in [2.05, 4.69) is 12.2 Å². The fourth-order valence-corrected chi connectivity index (χ4v) is 6.96. The number of carbonyl (C=O) groups is 1. The van der Waals surface area contributed by atoms with Crippen molar-refractivity contribution in [1.82, 2.24) is 14.9 Å². The Balaban J connectivity index is 1.47. The van der Waals surface area contributed by atoms with Crippen molar-refractivity contribution in [2.24, 2.45) is 5.92 Å². The molecule has 1 aliphatic rings. The zero-order valence-electron chi connectivity index (χ0n) is 20.0. The summed E-state index contributed by atoms with van der Waals surface area (Å²) < 4.78 is 1.68. The molecule has 5 nitrogen and oxygen atoms in total. The lowest BCUT2D eigenvalue weighted by Gasteiger charge is -2.20. The highest BCUT2D eigenvalue weighted by Gasteiger charge is 2.26. The van der Waals surface area contributed by atoms with Crippen LogP contribution in [-0.4, -0.2) is 21.2 Å². The zero-order valence-corrected chi connectivity index (χ0v) is 21.6. The molecule has 2 heterocycles. The molecule has 0 fully saturated rings. The molecule has 1 aliphatic carbocycles. The predicted octanol–water partition coefficient (Wildman–Crippen LogP) is 5.93. The maximum atomic E-state index is 13.9. The van der Waals surface area contributed by atoms with E-state index in [-0.39, 0.29) is 23.3 Å². The number of nitrogens with zero attached hydrogens (tertiary/aromatic N) is 2. The number of thioether (sulfide) groups is 1. The molecule has 4 aromatic rings. The highest BCUT2D eigenvalue weighted by molar-refractivity contribution is 7.99. The van der Waals surface area contributed by atoms with Crippen molar-refractivity contribution in [3.05, 3.63) is 87.0 Å². The minimum absolute atomic E-state index is 0.0331. The topological polar surface area (TPSA) is 64.0 Å². The molecule has 0 spiro atoms. The van der Waals surface area contributed by atoms with Gasteiger partial charge in [-0.15, -0.1) is 11.3 Å². The van der Waals surface area contributed by atoms with Crippen molar-refractivity contribution >= 4 is 39.2 Å². The largest absolute Gasteiger partial charge is 0.349 e. The van der Waals surface area contributed by atoms with Gasteiger partial charge in [-0.25, -0.2) is 4.98 Å². The maximum Gasteiger partial charge on any atom is 0.267 e. The van der Waals surface area contributed by atoms with Crippen LogP contribution in [-0.2, 0) is 17.6 Å². The molecule has 2 unspecified atom stereocenters. The van der Waals surface area contributed by atoms with Crippen molar-refractivity contribution in [3.63, 3.8) is 0 Å². The fourth-order valence-electron chi connectivity index (χ4n) is 4.76. The molecule has 0 saturated carbocycles. The summed E-state index contributed by atoms with van der Waals surface area (Å²) in [5.41, 5.74) is 2.98. The molecule has 0 aliphatic heterocycles. The summed E-state index contributed by atoms with van der Waals surface area (Å²) in [6, 6.07) is 19.4. The van der Waals surface area contributed by atoms with Gasteiger partial charge in [0.05, 0.1) is 22.9 Å². The molecule has 0 saturated heterocycles. The molecular weight excluding hydrogens is 474 g/mol. The first-order valence-electron chi connectivity index (χ1n) is 12.1. The van der Waals surface area contributed by atoms with Crippen LogP contribution in [0, 0.1) is 5.92 Å². The quantitative estimate of drug-likeness (QED) is 0.251. The van der Waals surface area contributed by atoms with Gasteiger partial charge >= 0.3 is 0 Å². The second kappa shape index (κ2) is 10.4. The molecule has 35 heavy (non-hydrogen) atoms. The number of rotatable bonds is 7. The van der Waals surface area contributed by atoms with E-state index in [1.54, 1.807) is 15.9 Å². The number of para-hydroxylation sites is 1. The van der Waals surface area contributed by atoms with E-state index in [1.807, 2.05) is 67.6 Å². The normalized spacial score (nSPS) is 16.1. The molecule has 180 valence electrons. The van der Waals surface area contributed by atoms with Crippen molar-refractivity contribution in [3.8, 4) is 5.69 Å². The second-order valence-electron chi connectivity index (χ2n) is 9.06. The van der Waals surface area contributed by atoms with Crippen molar-refractivity contribution in [2.45, 2.75) is 50.7 Å². The summed E-state index contributed by atoms with van der Waals surface area (Å²) >= 11 is 2.97. The van der Waals surface area contributed by atoms with Crippen molar-refractivity contribution < 1.29 is 4.79 Å². The summed E-state index contributed by atoms with van der Waals surface area (Å²) in [7, 11) is 0. The van der Waals surface area contributed by atoms with Crippen LogP contribution in [0.3, 0.4) is 0 Å². The van der Waals surface area contributed by atoms with Gasteiger partial charge in [0.2, 0.25) is 5.91 Å². The standard InChI is InChI=1S/C28H29N3O2S2/c1-3-19-14-15-22-23(16-19)35-26-25(22)27(33)31(21-12-8-5-9-13-21)28(30-26)34-17-24(32)29-18(2)20-10-6-4-7-11-20/h4-13,18-19H,3,14-17H2,1-2H3,(H,29,32). The van der Waals surface area contributed by atoms with Crippen LogP contribution in [0.1, 0.15) is 48.7 Å². The highest BCUT2D eigenvalue weighted by atomic mass is 32.2. The number of thiophene rings is 1. The number of aromatic nitrogens is 2. The lowest BCUT2D eigenvalue weighted by molar-refractivity contribution is -0.119. The summed E-state index contributed by atoms with van der Waals surface area (Å²) in [4.78, 5) is 33.7. The number of benzene rings is 2.